The lowest BCUT2D eigenvalue weighted by atomic mass is 10.0. The van der Waals surface area contributed by atoms with Crippen molar-refractivity contribution in [1.82, 2.24) is 34.3 Å². The average Bonchev–Trinajstić information content (AvgIpc) is 3.56. The highest BCUT2D eigenvalue weighted by Gasteiger charge is 2.29. The number of carbonyl (C=O) groups is 1. The predicted molar refractivity (Wildman–Crippen MR) is 161 cm³/mol. The SMILES string of the molecule is Cn1nc(-c2ccc(F)cc2)c(-c2ccc3nc(NC(=O)c4ccnc(N)c4)cn3n2)c1N1CCN(CCCC(F)(F)F)CC1. The van der Waals surface area contributed by atoms with Crippen LogP contribution in [0.2, 0.25) is 0 Å². The number of halogens is 4. The van der Waals surface area contributed by atoms with E-state index in [0.717, 1.165) is 5.82 Å². The van der Waals surface area contributed by atoms with E-state index in [1.807, 2.05) is 11.9 Å². The number of pyridine rings is 1. The number of alkyl halides is 3. The van der Waals surface area contributed by atoms with E-state index in [9.17, 15) is 22.4 Å². The maximum atomic E-state index is 13.8. The van der Waals surface area contributed by atoms with Gasteiger partial charge >= 0.3 is 6.18 Å². The highest BCUT2D eigenvalue weighted by Crippen LogP contribution is 2.39. The summed E-state index contributed by atoms with van der Waals surface area (Å²) in [4.78, 5) is 25.3. The maximum Gasteiger partial charge on any atom is 0.389 e. The smallest absolute Gasteiger partial charge is 0.384 e. The molecule has 0 radical (unpaired) electrons. The third-order valence-electron chi connectivity index (χ3n) is 7.60. The van der Waals surface area contributed by atoms with Gasteiger partial charge in [0.05, 0.1) is 17.5 Å². The van der Waals surface area contributed by atoms with Gasteiger partial charge in [-0.3, -0.25) is 14.4 Å². The van der Waals surface area contributed by atoms with Crippen LogP contribution in [0.3, 0.4) is 0 Å². The molecule has 0 unspecified atom stereocenters. The van der Waals surface area contributed by atoms with Gasteiger partial charge in [0, 0.05) is 57.0 Å². The highest BCUT2D eigenvalue weighted by molar-refractivity contribution is 6.04. The minimum atomic E-state index is -4.16. The van der Waals surface area contributed by atoms with E-state index in [1.165, 1.54) is 24.4 Å². The van der Waals surface area contributed by atoms with Crippen LogP contribution in [0.1, 0.15) is 23.2 Å². The van der Waals surface area contributed by atoms with Gasteiger partial charge < -0.3 is 16.0 Å². The Morgan fingerprint density at radius 2 is 1.78 bits per heavy atom. The molecule has 6 rings (SSSR count). The van der Waals surface area contributed by atoms with Crippen molar-refractivity contribution >= 4 is 29.0 Å². The number of rotatable bonds is 8. The molecule has 45 heavy (non-hydrogen) atoms. The molecule has 11 nitrogen and oxygen atoms in total. The Kier molecular flexibility index (Phi) is 8.10. The van der Waals surface area contributed by atoms with Crippen molar-refractivity contribution in [2.24, 2.45) is 7.05 Å². The summed E-state index contributed by atoms with van der Waals surface area (Å²) in [6.45, 7) is 2.70. The number of amides is 1. The number of nitrogens with one attached hydrogen (secondary N) is 1. The number of hydrogen-bond donors (Lipinski definition) is 2. The molecule has 0 bridgehead atoms. The van der Waals surface area contributed by atoms with Gasteiger partial charge in [0.25, 0.3) is 5.91 Å². The van der Waals surface area contributed by atoms with Crippen LogP contribution in [-0.4, -0.2) is 79.1 Å². The molecule has 234 valence electrons. The number of aryl methyl sites for hydroxylation is 1. The average molecular weight is 623 g/mol. The maximum absolute atomic E-state index is 13.8. The third-order valence-corrected chi connectivity index (χ3v) is 7.60. The molecule has 0 atom stereocenters. The molecule has 1 saturated heterocycles. The number of anilines is 3. The number of carbonyl (C=O) groups excluding carboxylic acids is 1. The number of nitrogens with zero attached hydrogens (tertiary/aromatic N) is 8. The first-order valence-electron chi connectivity index (χ1n) is 14.3. The van der Waals surface area contributed by atoms with Gasteiger partial charge in [-0.25, -0.2) is 18.9 Å². The zero-order valence-corrected chi connectivity index (χ0v) is 24.3. The van der Waals surface area contributed by atoms with Crippen molar-refractivity contribution in [2.45, 2.75) is 19.0 Å². The quantitative estimate of drug-likeness (QED) is 0.240. The Labute approximate surface area is 255 Å². The van der Waals surface area contributed by atoms with E-state index in [0.29, 0.717) is 66.4 Å². The number of nitrogens with two attached hydrogens (primary N) is 1. The monoisotopic (exact) mass is 622 g/mol. The lowest BCUT2D eigenvalue weighted by Gasteiger charge is -2.36. The minimum absolute atomic E-state index is 0.0586. The van der Waals surface area contributed by atoms with Gasteiger partial charge in [0.2, 0.25) is 0 Å². The lowest BCUT2D eigenvalue weighted by Crippen LogP contribution is -2.47. The summed E-state index contributed by atoms with van der Waals surface area (Å²) in [5, 5.41) is 12.4. The topological polar surface area (TPSA) is 122 Å². The number of piperazine rings is 1. The molecule has 5 aromatic rings. The van der Waals surface area contributed by atoms with Gasteiger partial charge in [-0.15, -0.1) is 0 Å². The fraction of sp³-hybridized carbons (Fsp3) is 0.300. The molecule has 0 aliphatic carbocycles. The number of benzene rings is 1. The minimum Gasteiger partial charge on any atom is -0.384 e. The van der Waals surface area contributed by atoms with E-state index in [2.05, 4.69) is 20.2 Å². The van der Waals surface area contributed by atoms with Crippen LogP contribution in [0, 0.1) is 5.82 Å². The first kappa shape index (κ1) is 30.0. The Morgan fingerprint density at radius 1 is 1.02 bits per heavy atom. The van der Waals surface area contributed by atoms with Gasteiger partial charge in [-0.05, 0) is 61.5 Å². The number of nitrogen functional groups attached to an aromatic ring is 1. The van der Waals surface area contributed by atoms with Crippen LogP contribution >= 0.6 is 0 Å². The first-order valence-corrected chi connectivity index (χ1v) is 14.3. The first-order chi connectivity index (χ1) is 21.5. The second-order valence-corrected chi connectivity index (χ2v) is 10.8. The summed E-state index contributed by atoms with van der Waals surface area (Å²) in [7, 11) is 1.82. The Hall–Kier alpha value is -5.05. The molecule has 0 saturated carbocycles. The van der Waals surface area contributed by atoms with Gasteiger partial charge in [0.1, 0.15) is 23.1 Å². The highest BCUT2D eigenvalue weighted by atomic mass is 19.4. The molecule has 1 aliphatic heterocycles. The Balaban J connectivity index is 1.31. The van der Waals surface area contributed by atoms with Crippen molar-refractivity contribution in [1.29, 1.82) is 0 Å². The summed E-state index contributed by atoms with van der Waals surface area (Å²) >= 11 is 0. The molecule has 15 heteroatoms. The van der Waals surface area contributed by atoms with Crippen molar-refractivity contribution in [3.63, 3.8) is 0 Å². The van der Waals surface area contributed by atoms with Gasteiger partial charge in [-0.2, -0.15) is 23.4 Å². The van der Waals surface area contributed by atoms with Crippen molar-refractivity contribution in [2.75, 3.05) is 48.7 Å². The molecule has 5 heterocycles. The van der Waals surface area contributed by atoms with Crippen LogP contribution in [0.25, 0.3) is 28.2 Å². The van der Waals surface area contributed by atoms with Crippen LogP contribution in [0.5, 0.6) is 0 Å². The molecule has 1 amide bonds. The van der Waals surface area contributed by atoms with E-state index in [-0.39, 0.29) is 23.9 Å². The third kappa shape index (κ3) is 6.72. The van der Waals surface area contributed by atoms with Gasteiger partial charge in [0.15, 0.2) is 11.5 Å². The molecule has 1 aromatic carbocycles. The zero-order chi connectivity index (χ0) is 31.7. The summed E-state index contributed by atoms with van der Waals surface area (Å²) in [6.07, 6.45) is -1.87. The van der Waals surface area contributed by atoms with E-state index >= 15 is 0 Å². The zero-order valence-electron chi connectivity index (χ0n) is 24.3. The van der Waals surface area contributed by atoms with Crippen LogP contribution < -0.4 is 16.0 Å². The fourth-order valence-corrected chi connectivity index (χ4v) is 5.46. The lowest BCUT2D eigenvalue weighted by molar-refractivity contribution is -0.136. The van der Waals surface area contributed by atoms with Crippen LogP contribution in [0.4, 0.5) is 35.0 Å². The van der Waals surface area contributed by atoms with Crippen LogP contribution in [-0.2, 0) is 7.05 Å². The Morgan fingerprint density at radius 3 is 2.49 bits per heavy atom. The molecule has 1 aliphatic rings. The predicted octanol–water partition coefficient (Wildman–Crippen LogP) is 4.63. The standard InChI is InChI=1S/C30H30F4N10O/c1-41-29(43-15-13-42(14-16-43)12-2-10-30(32,33)34)26(27(40-41)19-3-5-21(31)6-4-19)22-7-8-25-37-24(18-44(25)39-22)38-28(45)20-9-11-36-23(35)17-20/h3-9,11,17-18H,2,10,12-16H2,1H3,(H2,35,36)(H,38,45). The molecular formula is C30H30F4N10O. The molecular weight excluding hydrogens is 592 g/mol. The van der Waals surface area contributed by atoms with E-state index < -0.39 is 18.5 Å². The molecule has 1 fully saturated rings. The largest absolute Gasteiger partial charge is 0.389 e. The number of fused-ring (bicyclic) bond motifs is 1. The summed E-state index contributed by atoms with van der Waals surface area (Å²) in [5.41, 5.74) is 9.08. The van der Waals surface area contributed by atoms with Crippen molar-refractivity contribution in [3.05, 3.63) is 72.3 Å². The van der Waals surface area contributed by atoms with Crippen molar-refractivity contribution < 1.29 is 22.4 Å². The summed E-state index contributed by atoms with van der Waals surface area (Å²) in [6, 6.07) is 12.6. The second-order valence-electron chi connectivity index (χ2n) is 10.8. The number of aromatic nitrogens is 6. The fourth-order valence-electron chi connectivity index (χ4n) is 5.46. The molecule has 4 aromatic heterocycles. The molecule has 0 spiro atoms. The summed E-state index contributed by atoms with van der Waals surface area (Å²) < 4.78 is 55.1. The van der Waals surface area contributed by atoms with Gasteiger partial charge in [-0.1, -0.05) is 0 Å². The van der Waals surface area contributed by atoms with Crippen molar-refractivity contribution in [3.8, 4) is 22.5 Å². The van der Waals surface area contributed by atoms with E-state index in [4.69, 9.17) is 15.9 Å². The molecule has 3 N–H and O–H groups in total. The Bertz CT molecular complexity index is 1830. The van der Waals surface area contributed by atoms with E-state index in [1.54, 1.807) is 45.7 Å². The summed E-state index contributed by atoms with van der Waals surface area (Å²) in [5.74, 6) is 0.501. The second kappa shape index (κ2) is 12.1. The van der Waals surface area contributed by atoms with Crippen LogP contribution in [0.15, 0.2) is 60.9 Å². The number of imidazole rings is 1. The number of hydrogen-bond acceptors (Lipinski definition) is 8. The normalized spacial score (nSPS) is 14.3.